The standard InChI is InChI=1S/C6H6ClFN2O3S/c1-13-10-14(11,12)6-4(8)2-3-5(7)9-6/h2-3,10H,1H3. The van der Waals surface area contributed by atoms with Gasteiger partial charge in [-0.1, -0.05) is 16.5 Å². The number of hydrogen-bond acceptors (Lipinski definition) is 4. The zero-order valence-electron chi connectivity index (χ0n) is 6.99. The molecule has 0 spiro atoms. The first-order valence-electron chi connectivity index (χ1n) is 3.34. The number of halogens is 2. The van der Waals surface area contributed by atoms with E-state index in [4.69, 9.17) is 11.6 Å². The predicted octanol–water partition coefficient (Wildman–Crippen LogP) is 0.714. The molecule has 1 heterocycles. The molecule has 0 aliphatic rings. The van der Waals surface area contributed by atoms with Crippen molar-refractivity contribution in [3.8, 4) is 0 Å². The van der Waals surface area contributed by atoms with E-state index in [1.807, 2.05) is 0 Å². The summed E-state index contributed by atoms with van der Waals surface area (Å²) in [5, 5.41) is -0.922. The first-order valence-corrected chi connectivity index (χ1v) is 5.20. The minimum Gasteiger partial charge on any atom is -0.290 e. The average molecular weight is 241 g/mol. The van der Waals surface area contributed by atoms with Crippen LogP contribution in [0.1, 0.15) is 0 Å². The minimum atomic E-state index is -4.11. The van der Waals surface area contributed by atoms with Crippen molar-refractivity contribution in [2.45, 2.75) is 5.03 Å². The van der Waals surface area contributed by atoms with Crippen LogP contribution >= 0.6 is 11.6 Å². The van der Waals surface area contributed by atoms with Gasteiger partial charge in [-0.3, -0.25) is 4.84 Å². The lowest BCUT2D eigenvalue weighted by Crippen LogP contribution is -2.24. The first kappa shape index (κ1) is 11.3. The van der Waals surface area contributed by atoms with E-state index in [1.165, 1.54) is 0 Å². The molecule has 0 aromatic carbocycles. The normalized spacial score (nSPS) is 11.6. The van der Waals surface area contributed by atoms with Crippen molar-refractivity contribution in [3.05, 3.63) is 23.1 Å². The molecular weight excluding hydrogens is 235 g/mol. The molecule has 0 aliphatic carbocycles. The highest BCUT2D eigenvalue weighted by Crippen LogP contribution is 2.14. The maximum atomic E-state index is 13.0. The molecule has 5 nitrogen and oxygen atoms in total. The van der Waals surface area contributed by atoms with Crippen molar-refractivity contribution in [2.24, 2.45) is 0 Å². The third-order valence-corrected chi connectivity index (χ3v) is 2.62. The fourth-order valence-corrected chi connectivity index (χ4v) is 1.78. The summed E-state index contributed by atoms with van der Waals surface area (Å²) in [7, 11) is -3.02. The van der Waals surface area contributed by atoms with Crippen molar-refractivity contribution >= 4 is 21.6 Å². The third-order valence-electron chi connectivity index (χ3n) is 1.23. The fourth-order valence-electron chi connectivity index (χ4n) is 0.739. The summed E-state index contributed by atoms with van der Waals surface area (Å²) < 4.78 is 35.4. The molecule has 0 unspecified atom stereocenters. The Morgan fingerprint density at radius 1 is 1.57 bits per heavy atom. The lowest BCUT2D eigenvalue weighted by Gasteiger charge is -2.04. The van der Waals surface area contributed by atoms with Crippen LogP contribution in [-0.4, -0.2) is 20.5 Å². The van der Waals surface area contributed by atoms with E-state index in [9.17, 15) is 12.8 Å². The summed E-state index contributed by atoms with van der Waals surface area (Å²) in [6.45, 7) is 0. The van der Waals surface area contributed by atoms with Crippen molar-refractivity contribution in [2.75, 3.05) is 7.11 Å². The van der Waals surface area contributed by atoms with Crippen molar-refractivity contribution in [1.29, 1.82) is 0 Å². The molecule has 1 aromatic rings. The van der Waals surface area contributed by atoms with E-state index in [0.29, 0.717) is 0 Å². The summed E-state index contributed by atoms with van der Waals surface area (Å²) in [5.74, 6) is -1.00. The van der Waals surface area contributed by atoms with Crippen LogP contribution in [-0.2, 0) is 14.9 Å². The largest absolute Gasteiger partial charge is 0.290 e. The zero-order chi connectivity index (χ0) is 10.8. The fraction of sp³-hybridized carbons (Fsp3) is 0.167. The van der Waals surface area contributed by atoms with Gasteiger partial charge < -0.3 is 0 Å². The van der Waals surface area contributed by atoms with E-state index in [0.717, 1.165) is 19.2 Å². The molecule has 1 aromatic heterocycles. The van der Waals surface area contributed by atoms with E-state index < -0.39 is 20.9 Å². The second-order valence-corrected chi connectivity index (χ2v) is 4.16. The minimum absolute atomic E-state index is 0.122. The monoisotopic (exact) mass is 240 g/mol. The molecule has 1 rings (SSSR count). The van der Waals surface area contributed by atoms with Crippen LogP contribution in [0.2, 0.25) is 5.15 Å². The van der Waals surface area contributed by atoms with Crippen LogP contribution in [0.5, 0.6) is 0 Å². The van der Waals surface area contributed by atoms with Gasteiger partial charge in [0.1, 0.15) is 5.15 Å². The van der Waals surface area contributed by atoms with E-state index in [1.54, 1.807) is 4.89 Å². The maximum absolute atomic E-state index is 13.0. The van der Waals surface area contributed by atoms with Gasteiger partial charge >= 0.3 is 0 Å². The molecule has 0 bridgehead atoms. The summed E-state index contributed by atoms with van der Waals surface area (Å²) in [5.41, 5.74) is 0. The Bertz CT molecular complexity index is 437. The molecule has 0 aliphatic heterocycles. The molecule has 0 radical (unpaired) electrons. The molecule has 8 heteroatoms. The second-order valence-electron chi connectivity index (χ2n) is 2.21. The van der Waals surface area contributed by atoms with Crippen LogP contribution in [0.4, 0.5) is 4.39 Å². The first-order chi connectivity index (χ1) is 6.47. The highest BCUT2D eigenvalue weighted by Gasteiger charge is 2.21. The Labute approximate surface area is 84.9 Å². The van der Waals surface area contributed by atoms with Gasteiger partial charge in [-0.15, -0.1) is 0 Å². The molecule has 0 atom stereocenters. The third kappa shape index (κ3) is 2.38. The highest BCUT2D eigenvalue weighted by atomic mass is 35.5. The van der Waals surface area contributed by atoms with Crippen molar-refractivity contribution < 1.29 is 17.6 Å². The molecule has 0 fully saturated rings. The van der Waals surface area contributed by atoms with Crippen LogP contribution in [0.15, 0.2) is 17.2 Å². The maximum Gasteiger partial charge on any atom is 0.282 e. The molecule has 0 saturated carbocycles. The molecule has 1 N–H and O–H groups in total. The SMILES string of the molecule is CONS(=O)(=O)c1nc(Cl)ccc1F. The quantitative estimate of drug-likeness (QED) is 0.624. The summed E-state index contributed by atoms with van der Waals surface area (Å²) in [4.78, 5) is 9.11. The van der Waals surface area contributed by atoms with Gasteiger partial charge in [0.15, 0.2) is 5.82 Å². The van der Waals surface area contributed by atoms with Gasteiger partial charge in [0, 0.05) is 0 Å². The lowest BCUT2D eigenvalue weighted by atomic mass is 10.5. The Balaban J connectivity index is 3.25. The van der Waals surface area contributed by atoms with Gasteiger partial charge in [0.25, 0.3) is 10.0 Å². The van der Waals surface area contributed by atoms with Crippen molar-refractivity contribution in [1.82, 2.24) is 9.87 Å². The molecular formula is C6H6ClFN2O3S. The van der Waals surface area contributed by atoms with Gasteiger partial charge in [0.2, 0.25) is 5.03 Å². The number of nitrogens with zero attached hydrogens (tertiary/aromatic N) is 1. The second kappa shape index (κ2) is 4.18. The number of nitrogens with one attached hydrogen (secondary N) is 1. The Kier molecular flexibility index (Phi) is 3.38. The predicted molar refractivity (Wildman–Crippen MR) is 46.5 cm³/mol. The summed E-state index contributed by atoms with van der Waals surface area (Å²) in [6.07, 6.45) is 0. The smallest absolute Gasteiger partial charge is 0.282 e. The Morgan fingerprint density at radius 2 is 2.21 bits per heavy atom. The Hall–Kier alpha value is -0.760. The topological polar surface area (TPSA) is 68.3 Å². The van der Waals surface area contributed by atoms with E-state index in [2.05, 4.69) is 9.82 Å². The number of pyridine rings is 1. The van der Waals surface area contributed by atoms with Gasteiger partial charge in [-0.25, -0.2) is 17.8 Å². The van der Waals surface area contributed by atoms with Crippen LogP contribution in [0, 0.1) is 5.82 Å². The van der Waals surface area contributed by atoms with E-state index >= 15 is 0 Å². The number of aromatic nitrogens is 1. The molecule has 14 heavy (non-hydrogen) atoms. The number of sulfonamides is 1. The van der Waals surface area contributed by atoms with Crippen LogP contribution in [0.25, 0.3) is 0 Å². The number of hydrogen-bond donors (Lipinski definition) is 1. The van der Waals surface area contributed by atoms with Crippen LogP contribution < -0.4 is 4.89 Å². The highest BCUT2D eigenvalue weighted by molar-refractivity contribution is 7.89. The zero-order valence-corrected chi connectivity index (χ0v) is 8.56. The lowest BCUT2D eigenvalue weighted by molar-refractivity contribution is 0.152. The van der Waals surface area contributed by atoms with Gasteiger partial charge in [-0.2, -0.15) is 0 Å². The average Bonchev–Trinajstić information content (AvgIpc) is 2.09. The molecule has 0 saturated heterocycles. The molecule has 78 valence electrons. The number of rotatable bonds is 3. The summed E-state index contributed by atoms with van der Waals surface area (Å²) >= 11 is 5.41. The van der Waals surface area contributed by atoms with Crippen molar-refractivity contribution in [3.63, 3.8) is 0 Å². The summed E-state index contributed by atoms with van der Waals surface area (Å²) in [6, 6.07) is 2.04. The van der Waals surface area contributed by atoms with Gasteiger partial charge in [0.05, 0.1) is 7.11 Å². The van der Waals surface area contributed by atoms with E-state index in [-0.39, 0.29) is 5.15 Å². The van der Waals surface area contributed by atoms with Gasteiger partial charge in [-0.05, 0) is 12.1 Å². The van der Waals surface area contributed by atoms with Crippen LogP contribution in [0.3, 0.4) is 0 Å². The Morgan fingerprint density at radius 3 is 2.79 bits per heavy atom. The molecule has 0 amide bonds.